The van der Waals surface area contributed by atoms with Gasteiger partial charge in [0.25, 0.3) is 0 Å². The van der Waals surface area contributed by atoms with Crippen LogP contribution in [0.5, 0.6) is 5.75 Å². The third kappa shape index (κ3) is 3.97. The third-order valence-corrected chi connectivity index (χ3v) is 4.32. The van der Waals surface area contributed by atoms with Crippen molar-refractivity contribution in [1.82, 2.24) is 0 Å². The maximum absolute atomic E-state index is 13.9. The molecule has 0 fully saturated rings. The first kappa shape index (κ1) is 16.3. The number of rotatable bonds is 4. The van der Waals surface area contributed by atoms with Crippen LogP contribution in [0, 0.1) is 11.6 Å². The lowest BCUT2D eigenvalue weighted by Crippen LogP contribution is -2.03. The summed E-state index contributed by atoms with van der Waals surface area (Å²) in [6.07, 6.45) is 0. The summed E-state index contributed by atoms with van der Waals surface area (Å²) in [5.74, 6) is -1.29. The van der Waals surface area contributed by atoms with Crippen molar-refractivity contribution in [1.29, 1.82) is 0 Å². The Balaban J connectivity index is 2.36. The molecule has 112 valence electrons. The van der Waals surface area contributed by atoms with Gasteiger partial charge in [-0.05, 0) is 45.8 Å². The molecule has 0 aliphatic heterocycles. The van der Waals surface area contributed by atoms with Crippen LogP contribution in [0.15, 0.2) is 40.9 Å². The van der Waals surface area contributed by atoms with E-state index in [1.807, 2.05) is 0 Å². The Kier molecular flexibility index (Phi) is 5.27. The highest BCUT2D eigenvalue weighted by Gasteiger charge is 2.18. The first-order valence-electron chi connectivity index (χ1n) is 5.71. The summed E-state index contributed by atoms with van der Waals surface area (Å²) in [6, 6.07) is 7.84. The van der Waals surface area contributed by atoms with Gasteiger partial charge in [0, 0.05) is 5.56 Å². The number of halogens is 6. The lowest BCUT2D eigenvalue weighted by molar-refractivity contribution is -0.0498. The number of hydrogen-bond acceptors (Lipinski definition) is 1. The van der Waals surface area contributed by atoms with Gasteiger partial charge in [-0.25, -0.2) is 8.78 Å². The Morgan fingerprint density at radius 3 is 2.38 bits per heavy atom. The van der Waals surface area contributed by atoms with Gasteiger partial charge in [0.2, 0.25) is 0 Å². The van der Waals surface area contributed by atoms with E-state index in [1.54, 1.807) is 6.07 Å². The minimum Gasteiger partial charge on any atom is -0.435 e. The van der Waals surface area contributed by atoms with Crippen molar-refractivity contribution in [2.24, 2.45) is 0 Å². The Hall–Kier alpha value is -1.08. The fraction of sp³-hybridized carbons (Fsp3) is 0.143. The van der Waals surface area contributed by atoms with Gasteiger partial charge in [-0.3, -0.25) is 0 Å². The van der Waals surface area contributed by atoms with E-state index in [1.165, 1.54) is 18.2 Å². The fourth-order valence-electron chi connectivity index (χ4n) is 1.76. The maximum atomic E-state index is 13.9. The van der Waals surface area contributed by atoms with Crippen LogP contribution < -0.4 is 4.74 Å². The van der Waals surface area contributed by atoms with Gasteiger partial charge in [-0.15, -0.1) is 0 Å². The van der Waals surface area contributed by atoms with E-state index < -0.39 is 23.1 Å². The van der Waals surface area contributed by atoms with Gasteiger partial charge >= 0.3 is 6.61 Å². The lowest BCUT2D eigenvalue weighted by Gasteiger charge is -2.14. The molecule has 0 aliphatic carbocycles. The van der Waals surface area contributed by atoms with Gasteiger partial charge in [0.1, 0.15) is 17.4 Å². The number of hydrogen-bond donors (Lipinski definition) is 0. The predicted octanol–water partition coefficient (Wildman–Crippen LogP) is 5.81. The van der Waals surface area contributed by atoms with Crippen molar-refractivity contribution in [3.63, 3.8) is 0 Å². The molecule has 1 nitrogen and oxygen atoms in total. The van der Waals surface area contributed by atoms with Gasteiger partial charge in [-0.1, -0.05) is 28.1 Å². The predicted molar refractivity (Wildman–Crippen MR) is 77.9 cm³/mol. The van der Waals surface area contributed by atoms with Crippen LogP contribution in [0.25, 0.3) is 0 Å². The number of benzene rings is 2. The zero-order chi connectivity index (χ0) is 15.6. The van der Waals surface area contributed by atoms with Crippen LogP contribution >= 0.6 is 31.9 Å². The van der Waals surface area contributed by atoms with E-state index in [2.05, 4.69) is 36.6 Å². The SMILES string of the molecule is Fc1cc(C(Br)c2cccc(OC(F)F)c2)c(F)cc1Br. The Morgan fingerprint density at radius 1 is 1.00 bits per heavy atom. The average molecular weight is 428 g/mol. The quantitative estimate of drug-likeness (QED) is 0.339. The van der Waals surface area contributed by atoms with Crippen LogP contribution in [-0.2, 0) is 0 Å². The topological polar surface area (TPSA) is 9.23 Å². The van der Waals surface area contributed by atoms with E-state index >= 15 is 0 Å². The van der Waals surface area contributed by atoms with Gasteiger partial charge in [0.15, 0.2) is 0 Å². The van der Waals surface area contributed by atoms with Crippen molar-refractivity contribution in [2.75, 3.05) is 0 Å². The van der Waals surface area contributed by atoms with Crippen molar-refractivity contribution in [3.8, 4) is 5.75 Å². The van der Waals surface area contributed by atoms with Crippen molar-refractivity contribution >= 4 is 31.9 Å². The standard InChI is InChI=1S/C14H8Br2F4O/c15-10-6-11(17)9(5-12(10)18)13(16)7-2-1-3-8(4-7)21-14(19)20/h1-6,13-14H. The van der Waals surface area contributed by atoms with E-state index in [9.17, 15) is 17.6 Å². The highest BCUT2D eigenvalue weighted by molar-refractivity contribution is 9.10. The monoisotopic (exact) mass is 426 g/mol. The lowest BCUT2D eigenvalue weighted by atomic mass is 10.0. The zero-order valence-electron chi connectivity index (χ0n) is 10.3. The molecule has 2 rings (SSSR count). The summed E-state index contributed by atoms with van der Waals surface area (Å²) in [7, 11) is 0. The minimum atomic E-state index is -2.95. The Morgan fingerprint density at radius 2 is 1.71 bits per heavy atom. The molecule has 0 bridgehead atoms. The second-order valence-electron chi connectivity index (χ2n) is 4.10. The van der Waals surface area contributed by atoms with Gasteiger partial charge in [-0.2, -0.15) is 8.78 Å². The van der Waals surface area contributed by atoms with E-state index in [0.717, 1.165) is 12.1 Å². The van der Waals surface area contributed by atoms with Crippen LogP contribution in [0.2, 0.25) is 0 Å². The summed E-state index contributed by atoms with van der Waals surface area (Å²) >= 11 is 6.13. The second kappa shape index (κ2) is 6.79. The Bertz CT molecular complexity index is 649. The third-order valence-electron chi connectivity index (χ3n) is 2.69. The molecule has 2 aromatic carbocycles. The molecule has 21 heavy (non-hydrogen) atoms. The number of alkyl halides is 3. The molecular formula is C14H8Br2F4O. The molecular weight excluding hydrogens is 420 g/mol. The Labute approximate surface area is 135 Å². The van der Waals surface area contributed by atoms with E-state index in [0.29, 0.717) is 5.56 Å². The summed E-state index contributed by atoms with van der Waals surface area (Å²) in [4.78, 5) is -0.693. The smallest absolute Gasteiger partial charge is 0.387 e. The van der Waals surface area contributed by atoms with Crippen LogP contribution in [0.3, 0.4) is 0 Å². The molecule has 0 radical (unpaired) electrons. The summed E-state index contributed by atoms with van der Waals surface area (Å²) in [6.45, 7) is -2.95. The van der Waals surface area contributed by atoms with E-state index in [4.69, 9.17) is 0 Å². The molecule has 7 heteroatoms. The largest absolute Gasteiger partial charge is 0.435 e. The zero-order valence-corrected chi connectivity index (χ0v) is 13.5. The first-order valence-corrected chi connectivity index (χ1v) is 7.42. The molecule has 0 amide bonds. The average Bonchev–Trinajstić information content (AvgIpc) is 2.41. The molecule has 0 aromatic heterocycles. The molecule has 0 saturated carbocycles. The normalized spacial score (nSPS) is 12.5. The fourth-order valence-corrected chi connectivity index (χ4v) is 2.71. The van der Waals surface area contributed by atoms with Crippen LogP contribution in [0.1, 0.15) is 16.0 Å². The summed E-state index contributed by atoms with van der Waals surface area (Å²) in [5, 5.41) is 0. The van der Waals surface area contributed by atoms with Crippen molar-refractivity contribution < 1.29 is 22.3 Å². The summed E-state index contributed by atoms with van der Waals surface area (Å²) in [5.41, 5.74) is 0.527. The molecule has 0 aliphatic rings. The van der Waals surface area contributed by atoms with Crippen molar-refractivity contribution in [2.45, 2.75) is 11.4 Å². The maximum Gasteiger partial charge on any atom is 0.387 e. The molecule has 2 aromatic rings. The van der Waals surface area contributed by atoms with Gasteiger partial charge < -0.3 is 4.74 Å². The highest BCUT2D eigenvalue weighted by atomic mass is 79.9. The number of ether oxygens (including phenoxy) is 1. The summed E-state index contributed by atoms with van der Waals surface area (Å²) < 4.78 is 56.1. The molecule has 1 atom stereocenters. The molecule has 1 unspecified atom stereocenters. The highest BCUT2D eigenvalue weighted by Crippen LogP contribution is 2.35. The van der Waals surface area contributed by atoms with E-state index in [-0.39, 0.29) is 15.8 Å². The van der Waals surface area contributed by atoms with Crippen LogP contribution in [-0.4, -0.2) is 6.61 Å². The molecule has 0 N–H and O–H groups in total. The first-order chi connectivity index (χ1) is 9.88. The second-order valence-corrected chi connectivity index (χ2v) is 5.87. The van der Waals surface area contributed by atoms with Gasteiger partial charge in [0.05, 0.1) is 9.30 Å². The minimum absolute atomic E-state index is 0.0123. The molecule has 0 spiro atoms. The molecule has 0 heterocycles. The van der Waals surface area contributed by atoms with Crippen LogP contribution in [0.4, 0.5) is 17.6 Å². The van der Waals surface area contributed by atoms with Crippen molar-refractivity contribution in [3.05, 3.63) is 63.6 Å². The molecule has 0 saturated heterocycles.